The van der Waals surface area contributed by atoms with Crippen molar-refractivity contribution >= 4 is 45.1 Å². The number of hydrogen-bond acceptors (Lipinski definition) is 6. The molecular formula is C21H18N2O3S2. The number of thiazole rings is 1. The first-order valence-electron chi connectivity index (χ1n) is 8.74. The number of nitrogens with one attached hydrogen (secondary N) is 1. The average Bonchev–Trinajstić information content (AvgIpc) is 3.35. The van der Waals surface area contributed by atoms with Crippen LogP contribution in [-0.2, 0) is 0 Å². The SMILES string of the molecule is CCOc1cccc2cc(-c3csc(NC(=O)c4ccc(SC)cc4)n3)oc12. The second-order valence-corrected chi connectivity index (χ2v) is 7.68. The topological polar surface area (TPSA) is 64.4 Å². The molecule has 28 heavy (non-hydrogen) atoms. The van der Waals surface area contributed by atoms with Gasteiger partial charge in [0.25, 0.3) is 5.91 Å². The summed E-state index contributed by atoms with van der Waals surface area (Å²) in [6, 6.07) is 15.2. The second-order valence-electron chi connectivity index (χ2n) is 5.94. The van der Waals surface area contributed by atoms with Crippen molar-refractivity contribution in [2.45, 2.75) is 11.8 Å². The van der Waals surface area contributed by atoms with Gasteiger partial charge in [0, 0.05) is 21.2 Å². The number of hydrogen-bond donors (Lipinski definition) is 1. The Labute approximate surface area is 170 Å². The van der Waals surface area contributed by atoms with Gasteiger partial charge >= 0.3 is 0 Å². The van der Waals surface area contributed by atoms with Crippen molar-refractivity contribution in [1.29, 1.82) is 0 Å². The van der Waals surface area contributed by atoms with Gasteiger partial charge in [0.2, 0.25) is 0 Å². The van der Waals surface area contributed by atoms with Gasteiger partial charge in [-0.15, -0.1) is 23.1 Å². The molecule has 0 fully saturated rings. The van der Waals surface area contributed by atoms with Crippen LogP contribution in [-0.4, -0.2) is 23.8 Å². The number of fused-ring (bicyclic) bond motifs is 1. The number of carbonyl (C=O) groups excluding carboxylic acids is 1. The Bertz CT molecular complexity index is 1120. The van der Waals surface area contributed by atoms with E-state index in [0.29, 0.717) is 40.1 Å². The lowest BCUT2D eigenvalue weighted by molar-refractivity contribution is 0.102. The number of thioether (sulfide) groups is 1. The van der Waals surface area contributed by atoms with E-state index in [1.807, 2.05) is 67.1 Å². The fourth-order valence-corrected chi connectivity index (χ4v) is 3.89. The highest BCUT2D eigenvalue weighted by Crippen LogP contribution is 2.34. The van der Waals surface area contributed by atoms with Crippen molar-refractivity contribution in [1.82, 2.24) is 4.98 Å². The van der Waals surface area contributed by atoms with Gasteiger partial charge in [-0.05, 0) is 49.6 Å². The molecule has 0 aliphatic heterocycles. The predicted molar refractivity (Wildman–Crippen MR) is 115 cm³/mol. The highest BCUT2D eigenvalue weighted by Gasteiger charge is 2.15. The van der Waals surface area contributed by atoms with Crippen molar-refractivity contribution in [2.24, 2.45) is 0 Å². The molecule has 2 aromatic carbocycles. The predicted octanol–water partition coefficient (Wildman–Crippen LogP) is 5.93. The molecule has 0 aliphatic rings. The summed E-state index contributed by atoms with van der Waals surface area (Å²) < 4.78 is 11.6. The summed E-state index contributed by atoms with van der Waals surface area (Å²) in [6.45, 7) is 2.51. The molecule has 4 aromatic rings. The van der Waals surface area contributed by atoms with Gasteiger partial charge in [-0.3, -0.25) is 10.1 Å². The monoisotopic (exact) mass is 410 g/mol. The molecule has 0 saturated carbocycles. The summed E-state index contributed by atoms with van der Waals surface area (Å²) >= 11 is 3.00. The van der Waals surface area contributed by atoms with E-state index in [0.717, 1.165) is 10.3 Å². The third kappa shape index (κ3) is 3.76. The maximum Gasteiger partial charge on any atom is 0.257 e. The molecule has 5 nitrogen and oxygen atoms in total. The highest BCUT2D eigenvalue weighted by atomic mass is 32.2. The van der Waals surface area contributed by atoms with Crippen LogP contribution >= 0.6 is 23.1 Å². The Morgan fingerprint density at radius 3 is 2.82 bits per heavy atom. The zero-order valence-electron chi connectivity index (χ0n) is 15.4. The number of anilines is 1. The molecule has 4 rings (SSSR count). The molecule has 142 valence electrons. The Morgan fingerprint density at radius 1 is 1.25 bits per heavy atom. The normalized spacial score (nSPS) is 10.9. The zero-order valence-corrected chi connectivity index (χ0v) is 17.0. The number of ether oxygens (including phenoxy) is 1. The third-order valence-corrected chi connectivity index (χ3v) is 5.64. The molecule has 0 bridgehead atoms. The van der Waals surface area contributed by atoms with Crippen LogP contribution in [0.1, 0.15) is 17.3 Å². The number of rotatable bonds is 6. The molecule has 0 atom stereocenters. The van der Waals surface area contributed by atoms with Crippen molar-refractivity contribution < 1.29 is 13.9 Å². The Morgan fingerprint density at radius 2 is 2.07 bits per heavy atom. The van der Waals surface area contributed by atoms with E-state index in [9.17, 15) is 4.79 Å². The largest absolute Gasteiger partial charge is 0.490 e. The summed E-state index contributed by atoms with van der Waals surface area (Å²) in [5.74, 6) is 1.17. The molecule has 0 saturated heterocycles. The van der Waals surface area contributed by atoms with E-state index in [4.69, 9.17) is 9.15 Å². The smallest absolute Gasteiger partial charge is 0.257 e. The minimum absolute atomic E-state index is 0.184. The van der Waals surface area contributed by atoms with Gasteiger partial charge in [0.1, 0.15) is 5.69 Å². The first kappa shape index (κ1) is 18.6. The second kappa shape index (κ2) is 8.08. The first-order valence-corrected chi connectivity index (χ1v) is 10.8. The summed E-state index contributed by atoms with van der Waals surface area (Å²) in [7, 11) is 0. The van der Waals surface area contributed by atoms with E-state index in [1.54, 1.807) is 11.8 Å². The number of nitrogens with zero attached hydrogens (tertiary/aromatic N) is 1. The van der Waals surface area contributed by atoms with E-state index in [1.165, 1.54) is 11.3 Å². The van der Waals surface area contributed by atoms with Gasteiger partial charge in [0.05, 0.1) is 6.61 Å². The maximum atomic E-state index is 12.4. The summed E-state index contributed by atoms with van der Waals surface area (Å²) in [5.41, 5.74) is 1.98. The lowest BCUT2D eigenvalue weighted by atomic mass is 10.2. The minimum atomic E-state index is -0.184. The van der Waals surface area contributed by atoms with E-state index < -0.39 is 0 Å². The van der Waals surface area contributed by atoms with Crippen molar-refractivity contribution in [3.8, 4) is 17.2 Å². The van der Waals surface area contributed by atoms with Gasteiger partial charge < -0.3 is 9.15 Å². The fraction of sp³-hybridized carbons (Fsp3) is 0.143. The lowest BCUT2D eigenvalue weighted by Gasteiger charge is -2.02. The molecule has 1 amide bonds. The lowest BCUT2D eigenvalue weighted by Crippen LogP contribution is -2.11. The average molecular weight is 411 g/mol. The summed E-state index contributed by atoms with van der Waals surface area (Å²) in [4.78, 5) is 18.0. The van der Waals surface area contributed by atoms with Gasteiger partial charge in [-0.2, -0.15) is 0 Å². The van der Waals surface area contributed by atoms with Crippen molar-refractivity contribution in [2.75, 3.05) is 18.2 Å². The van der Waals surface area contributed by atoms with Crippen LogP contribution in [0, 0.1) is 0 Å². The first-order chi connectivity index (χ1) is 13.7. The molecule has 7 heteroatoms. The van der Waals surface area contributed by atoms with Gasteiger partial charge in [0.15, 0.2) is 22.2 Å². The summed E-state index contributed by atoms with van der Waals surface area (Å²) in [5, 5.41) is 6.19. The van der Waals surface area contributed by atoms with Gasteiger partial charge in [-0.25, -0.2) is 4.98 Å². The number of furan rings is 1. The zero-order chi connectivity index (χ0) is 19.5. The van der Waals surface area contributed by atoms with Crippen LogP contribution in [0.2, 0.25) is 0 Å². The number of carbonyl (C=O) groups is 1. The maximum absolute atomic E-state index is 12.4. The summed E-state index contributed by atoms with van der Waals surface area (Å²) in [6.07, 6.45) is 2.00. The molecule has 0 radical (unpaired) electrons. The molecule has 0 spiro atoms. The van der Waals surface area contributed by atoms with Crippen LogP contribution in [0.5, 0.6) is 5.75 Å². The van der Waals surface area contributed by atoms with Crippen LogP contribution in [0.3, 0.4) is 0 Å². The van der Waals surface area contributed by atoms with Crippen LogP contribution in [0.4, 0.5) is 5.13 Å². The molecular weight excluding hydrogens is 392 g/mol. The number of benzene rings is 2. The highest BCUT2D eigenvalue weighted by molar-refractivity contribution is 7.98. The molecule has 2 aromatic heterocycles. The quantitative estimate of drug-likeness (QED) is 0.399. The fourth-order valence-electron chi connectivity index (χ4n) is 2.79. The molecule has 1 N–H and O–H groups in total. The molecule has 2 heterocycles. The van der Waals surface area contributed by atoms with E-state index in [2.05, 4.69) is 10.3 Å². The van der Waals surface area contributed by atoms with E-state index >= 15 is 0 Å². The van der Waals surface area contributed by atoms with Crippen molar-refractivity contribution in [3.63, 3.8) is 0 Å². The number of aromatic nitrogens is 1. The van der Waals surface area contributed by atoms with Crippen LogP contribution in [0.15, 0.2) is 63.2 Å². The van der Waals surface area contributed by atoms with Crippen LogP contribution < -0.4 is 10.1 Å². The number of para-hydroxylation sites is 1. The number of amides is 1. The van der Waals surface area contributed by atoms with Crippen molar-refractivity contribution in [3.05, 3.63) is 59.5 Å². The Balaban J connectivity index is 1.54. The minimum Gasteiger partial charge on any atom is -0.490 e. The third-order valence-electron chi connectivity index (χ3n) is 4.14. The van der Waals surface area contributed by atoms with Crippen LogP contribution in [0.25, 0.3) is 22.4 Å². The van der Waals surface area contributed by atoms with Gasteiger partial charge in [-0.1, -0.05) is 12.1 Å². The molecule has 0 aliphatic carbocycles. The van der Waals surface area contributed by atoms with E-state index in [-0.39, 0.29) is 5.91 Å². The molecule has 0 unspecified atom stereocenters. The Kier molecular flexibility index (Phi) is 5.36. The Hall–Kier alpha value is -2.77. The standard InChI is InChI=1S/C21H18N2O3S2/c1-3-25-17-6-4-5-14-11-18(26-19(14)17)16-12-28-21(22-16)23-20(24)13-7-9-15(27-2)10-8-13/h4-12H,3H2,1-2H3,(H,22,23,24).